The standard InChI is InChI=1S/C27H34O11/c1-33-18-6-4-14(10-20(18)34-2)8-16-13-36-26(32)17(16)9-15-5-7-19(21(11-15)35-3)37-27-25(31)24(30)23(29)22(12-28)38-27/h4-7,10-11,16-17,22-25,27-31H,8-9,12-13H2,1-3H3/t16-,17+,22-,23+,24+,25+,27-/m0/s1. The van der Waals surface area contributed by atoms with Crippen molar-refractivity contribution >= 4 is 5.97 Å². The molecule has 7 atom stereocenters. The third kappa shape index (κ3) is 5.82. The molecule has 208 valence electrons. The molecule has 0 spiro atoms. The van der Waals surface area contributed by atoms with Crippen molar-refractivity contribution in [3.05, 3.63) is 47.5 Å². The zero-order valence-electron chi connectivity index (χ0n) is 21.5. The molecule has 0 unspecified atom stereocenters. The van der Waals surface area contributed by atoms with Crippen LogP contribution in [0.2, 0.25) is 0 Å². The molecule has 2 aliphatic rings. The second-order valence-electron chi connectivity index (χ2n) is 9.39. The lowest BCUT2D eigenvalue weighted by Gasteiger charge is -2.39. The number of hydrogen-bond acceptors (Lipinski definition) is 11. The summed E-state index contributed by atoms with van der Waals surface area (Å²) in [7, 11) is 4.60. The molecule has 0 aromatic heterocycles. The number of ether oxygens (including phenoxy) is 6. The van der Waals surface area contributed by atoms with E-state index in [4.69, 9.17) is 28.4 Å². The molecule has 0 bridgehead atoms. The van der Waals surface area contributed by atoms with Gasteiger partial charge in [-0.05, 0) is 48.2 Å². The van der Waals surface area contributed by atoms with Crippen molar-refractivity contribution in [2.24, 2.45) is 11.8 Å². The number of aliphatic hydroxyl groups is 4. The largest absolute Gasteiger partial charge is 0.493 e. The molecule has 2 aromatic rings. The number of hydrogen-bond donors (Lipinski definition) is 4. The second kappa shape index (κ2) is 12.2. The van der Waals surface area contributed by atoms with Crippen LogP contribution in [-0.4, -0.2) is 91.6 Å². The van der Waals surface area contributed by atoms with E-state index in [1.807, 2.05) is 18.2 Å². The molecular formula is C27H34O11. The first-order valence-electron chi connectivity index (χ1n) is 12.3. The van der Waals surface area contributed by atoms with Crippen molar-refractivity contribution in [2.75, 3.05) is 34.5 Å². The Bertz CT molecular complexity index is 1100. The number of cyclic esters (lactones) is 1. The van der Waals surface area contributed by atoms with Gasteiger partial charge < -0.3 is 48.8 Å². The van der Waals surface area contributed by atoms with E-state index in [1.54, 1.807) is 32.4 Å². The third-order valence-electron chi connectivity index (χ3n) is 7.03. The molecule has 2 aromatic carbocycles. The van der Waals surface area contributed by atoms with Gasteiger partial charge in [-0.2, -0.15) is 0 Å². The fourth-order valence-electron chi connectivity index (χ4n) is 4.85. The molecule has 2 fully saturated rings. The fraction of sp³-hybridized carbons (Fsp3) is 0.519. The Balaban J connectivity index is 1.47. The van der Waals surface area contributed by atoms with Crippen LogP contribution in [0.4, 0.5) is 0 Å². The van der Waals surface area contributed by atoms with E-state index in [0.717, 1.165) is 11.1 Å². The number of rotatable bonds is 10. The SMILES string of the molecule is COc1ccc(C[C@H]2COC(=O)[C@@H]2Cc2ccc(O[C@H]3O[C@@H](CO)[C@@H](O)[C@@H](O)[C@H]3O)c(OC)c2)cc1OC. The normalized spacial score (nSPS) is 29.0. The summed E-state index contributed by atoms with van der Waals surface area (Å²) >= 11 is 0. The molecule has 4 N–H and O–H groups in total. The maximum absolute atomic E-state index is 12.6. The molecule has 0 amide bonds. The van der Waals surface area contributed by atoms with Crippen LogP contribution in [0.15, 0.2) is 36.4 Å². The van der Waals surface area contributed by atoms with Gasteiger partial charge in [-0.25, -0.2) is 0 Å². The number of methoxy groups -OCH3 is 3. The number of carbonyl (C=O) groups is 1. The van der Waals surface area contributed by atoms with Crippen molar-refractivity contribution in [3.63, 3.8) is 0 Å². The van der Waals surface area contributed by atoms with Crippen LogP contribution >= 0.6 is 0 Å². The highest BCUT2D eigenvalue weighted by atomic mass is 16.7. The minimum Gasteiger partial charge on any atom is -0.493 e. The first kappa shape index (κ1) is 27.9. The summed E-state index contributed by atoms with van der Waals surface area (Å²) in [6.45, 7) is -0.254. The lowest BCUT2D eigenvalue weighted by atomic mass is 9.85. The molecule has 11 heteroatoms. The average Bonchev–Trinajstić information content (AvgIpc) is 3.27. The van der Waals surface area contributed by atoms with Crippen LogP contribution in [0, 0.1) is 11.8 Å². The lowest BCUT2D eigenvalue weighted by molar-refractivity contribution is -0.277. The lowest BCUT2D eigenvalue weighted by Crippen LogP contribution is -2.60. The molecule has 11 nitrogen and oxygen atoms in total. The van der Waals surface area contributed by atoms with Gasteiger partial charge in [0.25, 0.3) is 0 Å². The van der Waals surface area contributed by atoms with Gasteiger partial charge in [0, 0.05) is 5.92 Å². The van der Waals surface area contributed by atoms with Gasteiger partial charge in [0.2, 0.25) is 6.29 Å². The van der Waals surface area contributed by atoms with Gasteiger partial charge in [0.05, 0.1) is 40.5 Å². The fourth-order valence-corrected chi connectivity index (χ4v) is 4.85. The predicted molar refractivity (Wildman–Crippen MR) is 132 cm³/mol. The van der Waals surface area contributed by atoms with Gasteiger partial charge in [0.15, 0.2) is 23.0 Å². The Morgan fingerprint density at radius 3 is 2.05 bits per heavy atom. The predicted octanol–water partition coefficient (Wildman–Crippen LogP) is 0.466. The Hall–Kier alpha value is -3.09. The minimum absolute atomic E-state index is 0.0448. The number of benzene rings is 2. The molecule has 0 saturated carbocycles. The van der Waals surface area contributed by atoms with Gasteiger partial charge >= 0.3 is 5.97 Å². The highest BCUT2D eigenvalue weighted by molar-refractivity contribution is 5.75. The molecule has 0 aliphatic carbocycles. The maximum atomic E-state index is 12.6. The zero-order valence-corrected chi connectivity index (χ0v) is 21.5. The van der Waals surface area contributed by atoms with Crippen LogP contribution in [0.3, 0.4) is 0 Å². The molecule has 2 aliphatic heterocycles. The summed E-state index contributed by atoms with van der Waals surface area (Å²) < 4.78 is 32.7. The molecule has 2 heterocycles. The van der Waals surface area contributed by atoms with Gasteiger partial charge in [-0.3, -0.25) is 4.79 Å². The smallest absolute Gasteiger partial charge is 0.309 e. The monoisotopic (exact) mass is 534 g/mol. The Morgan fingerprint density at radius 1 is 0.816 bits per heavy atom. The Morgan fingerprint density at radius 2 is 1.42 bits per heavy atom. The van der Waals surface area contributed by atoms with E-state index in [2.05, 4.69) is 0 Å². The van der Waals surface area contributed by atoms with E-state index < -0.39 is 37.3 Å². The summed E-state index contributed by atoms with van der Waals surface area (Å²) in [5.41, 5.74) is 1.81. The molecule has 2 saturated heterocycles. The van der Waals surface area contributed by atoms with Crippen molar-refractivity contribution < 1.29 is 53.6 Å². The molecule has 0 radical (unpaired) electrons. The summed E-state index contributed by atoms with van der Waals surface area (Å²) in [5, 5.41) is 39.7. The first-order chi connectivity index (χ1) is 18.3. The third-order valence-corrected chi connectivity index (χ3v) is 7.03. The van der Waals surface area contributed by atoms with E-state index in [-0.39, 0.29) is 23.6 Å². The van der Waals surface area contributed by atoms with E-state index in [0.29, 0.717) is 36.7 Å². The Labute approximate surface area is 220 Å². The minimum atomic E-state index is -1.56. The second-order valence-corrected chi connectivity index (χ2v) is 9.39. The van der Waals surface area contributed by atoms with E-state index >= 15 is 0 Å². The topological polar surface area (TPSA) is 153 Å². The van der Waals surface area contributed by atoms with Crippen molar-refractivity contribution in [2.45, 2.75) is 43.5 Å². The quantitative estimate of drug-likeness (QED) is 0.315. The summed E-state index contributed by atoms with van der Waals surface area (Å²) in [5.74, 6) is 1.10. The van der Waals surface area contributed by atoms with Gasteiger partial charge in [0.1, 0.15) is 24.4 Å². The van der Waals surface area contributed by atoms with Crippen LogP contribution in [-0.2, 0) is 27.1 Å². The highest BCUT2D eigenvalue weighted by Crippen LogP contribution is 2.36. The Kier molecular flexibility index (Phi) is 8.95. The maximum Gasteiger partial charge on any atom is 0.309 e. The summed E-state index contributed by atoms with van der Waals surface area (Å²) in [6, 6.07) is 10.8. The van der Waals surface area contributed by atoms with E-state index in [9.17, 15) is 25.2 Å². The first-order valence-corrected chi connectivity index (χ1v) is 12.3. The van der Waals surface area contributed by atoms with Crippen LogP contribution in [0.1, 0.15) is 11.1 Å². The van der Waals surface area contributed by atoms with Gasteiger partial charge in [-0.15, -0.1) is 0 Å². The van der Waals surface area contributed by atoms with Crippen LogP contribution < -0.4 is 18.9 Å². The number of esters is 1. The average molecular weight is 535 g/mol. The van der Waals surface area contributed by atoms with Gasteiger partial charge in [-0.1, -0.05) is 12.1 Å². The molecular weight excluding hydrogens is 500 g/mol. The van der Waals surface area contributed by atoms with Crippen molar-refractivity contribution in [3.8, 4) is 23.0 Å². The molecule has 38 heavy (non-hydrogen) atoms. The molecule has 4 rings (SSSR count). The van der Waals surface area contributed by atoms with E-state index in [1.165, 1.54) is 7.11 Å². The zero-order chi connectivity index (χ0) is 27.4. The number of aliphatic hydroxyl groups excluding tert-OH is 4. The summed E-state index contributed by atoms with van der Waals surface area (Å²) in [4.78, 5) is 12.6. The highest BCUT2D eigenvalue weighted by Gasteiger charge is 2.45. The van der Waals surface area contributed by atoms with Crippen molar-refractivity contribution in [1.82, 2.24) is 0 Å². The summed E-state index contributed by atoms with van der Waals surface area (Å²) in [6.07, 6.45) is -6.02. The van der Waals surface area contributed by atoms with Crippen LogP contribution in [0.5, 0.6) is 23.0 Å². The van der Waals surface area contributed by atoms with Crippen LogP contribution in [0.25, 0.3) is 0 Å². The number of carbonyl (C=O) groups excluding carboxylic acids is 1. The van der Waals surface area contributed by atoms with Crippen molar-refractivity contribution in [1.29, 1.82) is 0 Å².